The molecule has 1 saturated carbocycles. The number of Topliss-reactive ketones (excluding diaryl/α,β-unsaturated/α-hetero) is 1. The van der Waals surface area contributed by atoms with Gasteiger partial charge in [0, 0.05) is 6.42 Å². The summed E-state index contributed by atoms with van der Waals surface area (Å²) in [6, 6.07) is -0.263. The van der Waals surface area contributed by atoms with Crippen LogP contribution in [0.5, 0.6) is 0 Å². The van der Waals surface area contributed by atoms with Crippen LogP contribution in [0.2, 0.25) is 0 Å². The molecule has 0 radical (unpaired) electrons. The number of hydrogen-bond acceptors (Lipinski definition) is 3. The van der Waals surface area contributed by atoms with Crippen LogP contribution >= 0.6 is 0 Å². The Kier molecular flexibility index (Phi) is 6.19. The Morgan fingerprint density at radius 1 is 1.24 bits per heavy atom. The molecule has 0 aromatic carbocycles. The highest BCUT2D eigenvalue weighted by Crippen LogP contribution is 2.27. The van der Waals surface area contributed by atoms with E-state index < -0.39 is 0 Å². The third-order valence-corrected chi connectivity index (χ3v) is 3.47. The first-order valence-corrected chi connectivity index (χ1v) is 6.65. The predicted molar refractivity (Wildman–Crippen MR) is 67.7 cm³/mol. The third kappa shape index (κ3) is 4.46. The molecule has 1 unspecified atom stereocenters. The summed E-state index contributed by atoms with van der Waals surface area (Å²) in [4.78, 5) is 23.5. The molecule has 4 nitrogen and oxygen atoms in total. The molecule has 1 amide bonds. The summed E-state index contributed by atoms with van der Waals surface area (Å²) in [6.07, 6.45) is 6.25. The standard InChI is InChI=1S/C13H24N2O2/c1-3-11(16)13(15-12(17)9-14-2)10-7-5-4-6-8-10/h10,13-14H,3-9H2,1-2H3,(H,15,17). The maximum atomic E-state index is 11.9. The van der Waals surface area contributed by atoms with Crippen molar-refractivity contribution in [2.24, 2.45) is 5.92 Å². The molecule has 1 rings (SSSR count). The zero-order valence-corrected chi connectivity index (χ0v) is 10.9. The number of amides is 1. The fourth-order valence-corrected chi connectivity index (χ4v) is 2.53. The highest BCUT2D eigenvalue weighted by molar-refractivity contribution is 5.89. The second-order valence-electron chi connectivity index (χ2n) is 4.79. The summed E-state index contributed by atoms with van der Waals surface area (Å²) in [5, 5.41) is 5.70. The minimum absolute atomic E-state index is 0.0788. The fourth-order valence-electron chi connectivity index (χ4n) is 2.53. The SMILES string of the molecule is CCC(=O)C(NC(=O)CNC)C1CCCCC1. The van der Waals surface area contributed by atoms with E-state index in [0.29, 0.717) is 12.3 Å². The van der Waals surface area contributed by atoms with Crippen LogP contribution in [0.3, 0.4) is 0 Å². The molecule has 1 fully saturated rings. The third-order valence-electron chi connectivity index (χ3n) is 3.47. The largest absolute Gasteiger partial charge is 0.345 e. The molecule has 2 N–H and O–H groups in total. The van der Waals surface area contributed by atoms with Crippen LogP contribution in [0.25, 0.3) is 0 Å². The van der Waals surface area contributed by atoms with Gasteiger partial charge in [-0.3, -0.25) is 9.59 Å². The lowest BCUT2D eigenvalue weighted by molar-refractivity contribution is -0.128. The number of ketones is 1. The van der Waals surface area contributed by atoms with Crippen LogP contribution in [0.15, 0.2) is 0 Å². The lowest BCUT2D eigenvalue weighted by Gasteiger charge is -2.29. The van der Waals surface area contributed by atoms with Gasteiger partial charge in [-0.25, -0.2) is 0 Å². The van der Waals surface area contributed by atoms with Crippen LogP contribution in [-0.4, -0.2) is 31.3 Å². The average Bonchev–Trinajstić information content (AvgIpc) is 2.36. The molecule has 0 aliphatic heterocycles. The van der Waals surface area contributed by atoms with E-state index in [4.69, 9.17) is 0 Å². The van der Waals surface area contributed by atoms with Crippen molar-refractivity contribution < 1.29 is 9.59 Å². The van der Waals surface area contributed by atoms with Gasteiger partial charge in [0.1, 0.15) is 0 Å². The summed E-state index contributed by atoms with van der Waals surface area (Å²) in [5.41, 5.74) is 0. The predicted octanol–water partition coefficient (Wildman–Crippen LogP) is 1.25. The van der Waals surface area contributed by atoms with Crippen molar-refractivity contribution in [1.29, 1.82) is 0 Å². The Hall–Kier alpha value is -0.900. The van der Waals surface area contributed by atoms with E-state index in [0.717, 1.165) is 12.8 Å². The van der Waals surface area contributed by atoms with Gasteiger partial charge in [0.2, 0.25) is 5.91 Å². The van der Waals surface area contributed by atoms with Crippen molar-refractivity contribution in [2.75, 3.05) is 13.6 Å². The summed E-state index contributed by atoms with van der Waals surface area (Å²) in [6.45, 7) is 2.14. The molecular formula is C13H24N2O2. The van der Waals surface area contributed by atoms with E-state index in [1.807, 2.05) is 6.92 Å². The topological polar surface area (TPSA) is 58.2 Å². The molecule has 0 aromatic heterocycles. The molecule has 1 aliphatic carbocycles. The van der Waals surface area contributed by atoms with E-state index in [2.05, 4.69) is 10.6 Å². The highest BCUT2D eigenvalue weighted by atomic mass is 16.2. The number of hydrogen-bond donors (Lipinski definition) is 2. The zero-order chi connectivity index (χ0) is 12.7. The molecular weight excluding hydrogens is 216 g/mol. The Labute approximate surface area is 104 Å². The Morgan fingerprint density at radius 2 is 1.88 bits per heavy atom. The quantitative estimate of drug-likeness (QED) is 0.734. The molecule has 0 saturated heterocycles. The number of nitrogens with one attached hydrogen (secondary N) is 2. The summed E-state index contributed by atoms with van der Waals surface area (Å²) in [7, 11) is 1.73. The fraction of sp³-hybridized carbons (Fsp3) is 0.846. The van der Waals surface area contributed by atoms with Crippen LogP contribution in [0, 0.1) is 5.92 Å². The van der Waals surface area contributed by atoms with Crippen molar-refractivity contribution in [3.05, 3.63) is 0 Å². The Morgan fingerprint density at radius 3 is 2.41 bits per heavy atom. The van der Waals surface area contributed by atoms with Crippen molar-refractivity contribution in [1.82, 2.24) is 10.6 Å². The first kappa shape index (κ1) is 14.2. The second kappa shape index (κ2) is 7.43. The minimum atomic E-state index is -0.263. The van der Waals surface area contributed by atoms with Crippen LogP contribution < -0.4 is 10.6 Å². The van der Waals surface area contributed by atoms with E-state index in [9.17, 15) is 9.59 Å². The second-order valence-corrected chi connectivity index (χ2v) is 4.79. The van der Waals surface area contributed by atoms with Gasteiger partial charge < -0.3 is 10.6 Å². The van der Waals surface area contributed by atoms with E-state index >= 15 is 0 Å². The lowest BCUT2D eigenvalue weighted by Crippen LogP contribution is -2.48. The molecule has 98 valence electrons. The number of rotatable bonds is 6. The van der Waals surface area contributed by atoms with Gasteiger partial charge in [0.15, 0.2) is 5.78 Å². The normalized spacial score (nSPS) is 18.7. The molecule has 4 heteroatoms. The molecule has 0 aromatic rings. The Bertz CT molecular complexity index is 260. The van der Waals surface area contributed by atoms with Crippen molar-refractivity contribution in [3.8, 4) is 0 Å². The zero-order valence-electron chi connectivity index (χ0n) is 10.9. The van der Waals surface area contributed by atoms with Gasteiger partial charge in [0.25, 0.3) is 0 Å². The van der Waals surface area contributed by atoms with E-state index in [1.165, 1.54) is 19.3 Å². The first-order valence-electron chi connectivity index (χ1n) is 6.65. The molecule has 1 atom stereocenters. The Balaban J connectivity index is 2.58. The lowest BCUT2D eigenvalue weighted by atomic mass is 9.82. The maximum Gasteiger partial charge on any atom is 0.234 e. The molecule has 17 heavy (non-hydrogen) atoms. The highest BCUT2D eigenvalue weighted by Gasteiger charge is 2.29. The number of carbonyl (C=O) groups excluding carboxylic acids is 2. The van der Waals surface area contributed by atoms with Gasteiger partial charge >= 0.3 is 0 Å². The van der Waals surface area contributed by atoms with Gasteiger partial charge in [-0.05, 0) is 25.8 Å². The van der Waals surface area contributed by atoms with Crippen LogP contribution in [0.1, 0.15) is 45.4 Å². The molecule has 0 bridgehead atoms. The van der Waals surface area contributed by atoms with Gasteiger partial charge in [-0.2, -0.15) is 0 Å². The van der Waals surface area contributed by atoms with Crippen molar-refractivity contribution >= 4 is 11.7 Å². The minimum Gasteiger partial charge on any atom is -0.345 e. The molecule has 0 spiro atoms. The van der Waals surface area contributed by atoms with Crippen molar-refractivity contribution in [3.63, 3.8) is 0 Å². The monoisotopic (exact) mass is 240 g/mol. The summed E-state index contributed by atoms with van der Waals surface area (Å²) < 4.78 is 0. The van der Waals surface area contributed by atoms with Gasteiger partial charge in [-0.1, -0.05) is 26.2 Å². The maximum absolute atomic E-state index is 11.9. The van der Waals surface area contributed by atoms with Crippen molar-refractivity contribution in [2.45, 2.75) is 51.5 Å². The summed E-state index contributed by atoms with van der Waals surface area (Å²) >= 11 is 0. The average molecular weight is 240 g/mol. The molecule has 0 heterocycles. The van der Waals surface area contributed by atoms with Crippen LogP contribution in [0.4, 0.5) is 0 Å². The summed E-state index contributed by atoms with van der Waals surface area (Å²) in [5.74, 6) is 0.434. The van der Waals surface area contributed by atoms with Crippen LogP contribution in [-0.2, 0) is 9.59 Å². The smallest absolute Gasteiger partial charge is 0.234 e. The van der Waals surface area contributed by atoms with Gasteiger partial charge in [0.05, 0.1) is 12.6 Å². The van der Waals surface area contributed by atoms with Gasteiger partial charge in [-0.15, -0.1) is 0 Å². The van der Waals surface area contributed by atoms with E-state index in [1.54, 1.807) is 7.05 Å². The number of carbonyl (C=O) groups is 2. The number of likely N-dealkylation sites (N-methyl/N-ethyl adjacent to an activating group) is 1. The molecule has 1 aliphatic rings. The first-order chi connectivity index (χ1) is 8.19. The van der Waals surface area contributed by atoms with E-state index in [-0.39, 0.29) is 24.3 Å².